The Kier molecular flexibility index (Phi) is 9.98. The molecule has 0 saturated heterocycles. The summed E-state index contributed by atoms with van der Waals surface area (Å²) < 4.78 is 10.0. The second-order valence-corrected chi connectivity index (χ2v) is 25.1. The molecule has 0 unspecified atom stereocenters. The highest BCUT2D eigenvalue weighted by Gasteiger charge is 2.48. The van der Waals surface area contributed by atoms with E-state index in [1.165, 1.54) is 132 Å². The zero-order valence-electron chi connectivity index (χ0n) is 42.9. The van der Waals surface area contributed by atoms with Gasteiger partial charge in [-0.3, -0.25) is 4.90 Å². The van der Waals surface area contributed by atoms with E-state index in [1.807, 2.05) is 22.7 Å². The maximum Gasteiger partial charge on any atom is 0.257 e. The zero-order chi connectivity index (χ0) is 48.9. The standard InChI is InChI=1S/C64H61BN2OS2/c1-36-26-41(49-35-70-56-21-17-15-19-46(49)56)27-37(2)60(36)67-53-33-44(64(11,12)13)32-52-58(53)65(57-47-31-42(62(5,6)7)23-25-54(47)68-61(57)67)50-24-22-40(48-34-69-55-20-16-14-18-45(48)55)30-51(50)66(52)59-38(3)28-43(29-39(59)4)63(8,9)10/h14-35H,1-13H3. The summed E-state index contributed by atoms with van der Waals surface area (Å²) in [6.45, 7) is 30.2. The lowest BCUT2D eigenvalue weighted by molar-refractivity contribution is 0.588. The third-order valence-electron chi connectivity index (χ3n) is 15.3. The van der Waals surface area contributed by atoms with E-state index < -0.39 is 0 Å². The molecule has 12 rings (SSSR count). The SMILES string of the molecule is Cc1cc(C(C)(C)C)cc(C)c1N1c2cc(-c3csc4ccccc34)ccc2B2c3c1cc(C(C)(C)C)cc3N(c1c(C)cc(-c3csc4ccccc34)cc1C)c1oc3ccc(C(C)(C)C)cc3c12. The van der Waals surface area contributed by atoms with Crippen LogP contribution < -0.4 is 26.2 Å². The molecule has 0 aliphatic carbocycles. The second kappa shape index (κ2) is 15.6. The number of rotatable bonds is 4. The molecule has 70 heavy (non-hydrogen) atoms. The van der Waals surface area contributed by atoms with Gasteiger partial charge < -0.3 is 9.32 Å². The van der Waals surface area contributed by atoms with Crippen molar-refractivity contribution >= 4 is 111 Å². The van der Waals surface area contributed by atoms with Gasteiger partial charge in [-0.1, -0.05) is 129 Å². The molecule has 0 N–H and O–H groups in total. The van der Waals surface area contributed by atoms with Gasteiger partial charge in [0.1, 0.15) is 5.58 Å². The van der Waals surface area contributed by atoms with E-state index in [2.05, 4.69) is 232 Å². The summed E-state index contributed by atoms with van der Waals surface area (Å²) in [5.74, 6) is 0.907. The van der Waals surface area contributed by atoms with E-state index in [0.29, 0.717) is 0 Å². The summed E-state index contributed by atoms with van der Waals surface area (Å²) in [5, 5.41) is 8.46. The fourth-order valence-corrected chi connectivity index (χ4v) is 13.6. The van der Waals surface area contributed by atoms with Gasteiger partial charge in [0.05, 0.1) is 11.4 Å². The lowest BCUT2D eigenvalue weighted by Gasteiger charge is -2.45. The van der Waals surface area contributed by atoms with Crippen molar-refractivity contribution in [1.29, 1.82) is 0 Å². The molecule has 0 spiro atoms. The van der Waals surface area contributed by atoms with Gasteiger partial charge >= 0.3 is 0 Å². The molecule has 0 atom stereocenters. The summed E-state index contributed by atoms with van der Waals surface area (Å²) in [6, 6.07) is 46.7. The average molecular weight is 949 g/mol. The van der Waals surface area contributed by atoms with Crippen molar-refractivity contribution in [2.75, 3.05) is 9.80 Å². The number of nitrogens with zero attached hydrogens (tertiary/aromatic N) is 2. The van der Waals surface area contributed by atoms with Crippen LogP contribution in [0.3, 0.4) is 0 Å². The van der Waals surface area contributed by atoms with Gasteiger partial charge in [-0.25, -0.2) is 0 Å². The molecule has 6 heteroatoms. The minimum atomic E-state index is -0.167. The molecule has 2 aliphatic rings. The maximum absolute atomic E-state index is 7.43. The predicted octanol–water partition coefficient (Wildman–Crippen LogP) is 17.4. The Hall–Kier alpha value is -6.34. The molecule has 0 radical (unpaired) electrons. The van der Waals surface area contributed by atoms with Crippen LogP contribution in [0.4, 0.5) is 34.3 Å². The topological polar surface area (TPSA) is 19.6 Å². The Morgan fingerprint density at radius 3 is 1.54 bits per heavy atom. The lowest BCUT2D eigenvalue weighted by Crippen LogP contribution is -2.61. The third kappa shape index (κ3) is 6.88. The van der Waals surface area contributed by atoms with Crippen LogP contribution in [0.5, 0.6) is 0 Å². The van der Waals surface area contributed by atoms with Crippen LogP contribution in [0.15, 0.2) is 137 Å². The Labute approximate surface area is 422 Å². The normalized spacial score (nSPS) is 13.7. The number of benzene rings is 7. The van der Waals surface area contributed by atoms with Gasteiger partial charge in [0, 0.05) is 59.2 Å². The number of thiophene rings is 2. The quantitative estimate of drug-likeness (QED) is 0.164. The number of fused-ring (bicyclic) bond motifs is 8. The predicted molar refractivity (Wildman–Crippen MR) is 307 cm³/mol. The van der Waals surface area contributed by atoms with Crippen LogP contribution in [0, 0.1) is 27.7 Å². The van der Waals surface area contributed by atoms with Gasteiger partial charge in [0.2, 0.25) is 5.88 Å². The molecule has 0 fully saturated rings. The summed E-state index contributed by atoms with van der Waals surface area (Å²) in [7, 11) is 0. The summed E-state index contributed by atoms with van der Waals surface area (Å²) >= 11 is 3.65. The monoisotopic (exact) mass is 948 g/mol. The number of anilines is 6. The summed E-state index contributed by atoms with van der Waals surface area (Å²) in [4.78, 5) is 5.18. The molecular formula is C64H61BN2OS2. The van der Waals surface area contributed by atoms with Gasteiger partial charge in [-0.05, 0) is 170 Å². The molecule has 0 bridgehead atoms. The van der Waals surface area contributed by atoms with Crippen LogP contribution in [-0.4, -0.2) is 6.71 Å². The van der Waals surface area contributed by atoms with Gasteiger partial charge in [-0.2, -0.15) is 0 Å². The van der Waals surface area contributed by atoms with E-state index in [0.717, 1.165) is 11.5 Å². The summed E-state index contributed by atoms with van der Waals surface area (Å²) in [5.41, 5.74) is 24.5. The molecule has 3 aromatic heterocycles. The van der Waals surface area contributed by atoms with Gasteiger partial charge in [0.15, 0.2) is 0 Å². The first kappa shape index (κ1) is 44.8. The maximum atomic E-state index is 7.43. The smallest absolute Gasteiger partial charge is 0.257 e. The van der Waals surface area contributed by atoms with Crippen molar-refractivity contribution in [2.45, 2.75) is 106 Å². The summed E-state index contributed by atoms with van der Waals surface area (Å²) in [6.07, 6.45) is 0. The molecule has 7 aromatic carbocycles. The minimum Gasteiger partial charge on any atom is -0.440 e. The fraction of sp³-hybridized carbons (Fsp3) is 0.250. The van der Waals surface area contributed by atoms with E-state index in [-0.39, 0.29) is 23.0 Å². The van der Waals surface area contributed by atoms with Crippen molar-refractivity contribution < 1.29 is 4.42 Å². The van der Waals surface area contributed by atoms with Crippen LogP contribution in [0.1, 0.15) is 101 Å². The van der Waals surface area contributed by atoms with Crippen LogP contribution >= 0.6 is 22.7 Å². The first-order chi connectivity index (χ1) is 33.3. The first-order valence-electron chi connectivity index (χ1n) is 24.9. The van der Waals surface area contributed by atoms with Crippen LogP contribution in [-0.2, 0) is 16.2 Å². The molecular weight excluding hydrogens is 888 g/mol. The van der Waals surface area contributed by atoms with E-state index in [4.69, 9.17) is 4.42 Å². The molecule has 0 saturated carbocycles. The highest BCUT2D eigenvalue weighted by atomic mass is 32.1. The van der Waals surface area contributed by atoms with E-state index in [1.54, 1.807) is 0 Å². The van der Waals surface area contributed by atoms with Crippen molar-refractivity contribution in [2.24, 2.45) is 0 Å². The van der Waals surface area contributed by atoms with Crippen LogP contribution in [0.2, 0.25) is 0 Å². The highest BCUT2D eigenvalue weighted by Crippen LogP contribution is 2.52. The molecule has 3 nitrogen and oxygen atoms in total. The molecule has 348 valence electrons. The average Bonchev–Trinajstić information content (AvgIpc) is 4.04. The largest absolute Gasteiger partial charge is 0.440 e. The van der Waals surface area contributed by atoms with Gasteiger partial charge in [0.25, 0.3) is 6.71 Å². The molecule has 2 aliphatic heterocycles. The number of furan rings is 1. The number of hydrogen-bond acceptors (Lipinski definition) is 5. The Balaban J connectivity index is 1.21. The fourth-order valence-electron chi connectivity index (χ4n) is 11.7. The Morgan fingerprint density at radius 1 is 0.443 bits per heavy atom. The molecule has 0 amide bonds. The van der Waals surface area contributed by atoms with Gasteiger partial charge in [-0.15, -0.1) is 22.7 Å². The highest BCUT2D eigenvalue weighted by molar-refractivity contribution is 7.18. The Morgan fingerprint density at radius 2 is 0.957 bits per heavy atom. The lowest BCUT2D eigenvalue weighted by atomic mass is 9.33. The van der Waals surface area contributed by atoms with E-state index >= 15 is 0 Å². The van der Waals surface area contributed by atoms with Crippen molar-refractivity contribution in [1.82, 2.24) is 0 Å². The van der Waals surface area contributed by atoms with E-state index in [9.17, 15) is 0 Å². The number of aryl methyl sites for hydroxylation is 4. The van der Waals surface area contributed by atoms with Crippen molar-refractivity contribution in [3.63, 3.8) is 0 Å². The minimum absolute atomic E-state index is 0.00435. The first-order valence-corrected chi connectivity index (χ1v) is 26.7. The molecule has 10 aromatic rings. The van der Waals surface area contributed by atoms with Crippen molar-refractivity contribution in [3.05, 3.63) is 171 Å². The number of hydrogen-bond donors (Lipinski definition) is 0. The zero-order valence-corrected chi connectivity index (χ0v) is 44.5. The van der Waals surface area contributed by atoms with Crippen LogP contribution in [0.25, 0.3) is 53.4 Å². The third-order valence-corrected chi connectivity index (χ3v) is 17.2. The Bertz CT molecular complexity index is 3760. The second-order valence-electron chi connectivity index (χ2n) is 23.3. The molecule has 5 heterocycles. The van der Waals surface area contributed by atoms with Crippen molar-refractivity contribution in [3.8, 4) is 22.3 Å².